The van der Waals surface area contributed by atoms with Gasteiger partial charge in [0, 0.05) is 45.9 Å². The Hall–Kier alpha value is -2.84. The predicted molar refractivity (Wildman–Crippen MR) is 106 cm³/mol. The van der Waals surface area contributed by atoms with E-state index in [1.54, 1.807) is 11.9 Å². The minimum atomic E-state index is -0.938. The number of hydrazone groups is 1. The van der Waals surface area contributed by atoms with E-state index in [0.717, 1.165) is 25.0 Å². The zero-order valence-corrected chi connectivity index (χ0v) is 17.0. The Labute approximate surface area is 174 Å². The summed E-state index contributed by atoms with van der Waals surface area (Å²) >= 11 is 0. The van der Waals surface area contributed by atoms with Crippen molar-refractivity contribution in [3.05, 3.63) is 35.4 Å². The third-order valence-electron chi connectivity index (χ3n) is 5.51. The minimum Gasteiger partial charge on any atom is -0.352 e. The van der Waals surface area contributed by atoms with Crippen LogP contribution in [0.25, 0.3) is 0 Å². The van der Waals surface area contributed by atoms with E-state index in [1.807, 2.05) is 0 Å². The molecule has 2 heterocycles. The number of piperidine rings is 1. The molecule has 2 aliphatic rings. The standard InChI is InChI=1S/C21H26F2N4O3/c1-26-20(29)9-7-18(25-26)21(30)27-10-2-3-14(13-27)5-8-19(28)24-12-15-4-6-16(22)17(23)11-15/h4,6,11,14H,2-3,5,7-10,12-13H2,1H3,(H,24,28). The lowest BCUT2D eigenvalue weighted by atomic mass is 9.92. The number of hydrogen-bond donors (Lipinski definition) is 1. The number of rotatable bonds is 6. The molecule has 0 radical (unpaired) electrons. The molecule has 1 aromatic carbocycles. The first-order valence-electron chi connectivity index (χ1n) is 10.2. The Morgan fingerprint density at radius 1 is 1.23 bits per heavy atom. The molecule has 1 fully saturated rings. The number of benzene rings is 1. The van der Waals surface area contributed by atoms with Crippen LogP contribution in [0.4, 0.5) is 8.78 Å². The van der Waals surface area contributed by atoms with Crippen LogP contribution in [-0.2, 0) is 20.9 Å². The van der Waals surface area contributed by atoms with Crippen LogP contribution in [0, 0.1) is 17.6 Å². The second-order valence-electron chi connectivity index (χ2n) is 7.79. The van der Waals surface area contributed by atoms with Gasteiger partial charge in [-0.1, -0.05) is 6.07 Å². The molecule has 9 heteroatoms. The van der Waals surface area contributed by atoms with E-state index in [2.05, 4.69) is 10.4 Å². The Morgan fingerprint density at radius 3 is 2.77 bits per heavy atom. The molecule has 3 rings (SSSR count). The third-order valence-corrected chi connectivity index (χ3v) is 5.51. The monoisotopic (exact) mass is 420 g/mol. The minimum absolute atomic E-state index is 0.0996. The average Bonchev–Trinajstić information content (AvgIpc) is 2.74. The molecular formula is C21H26F2N4O3. The van der Waals surface area contributed by atoms with Crippen molar-refractivity contribution in [1.82, 2.24) is 15.2 Å². The molecule has 0 aromatic heterocycles. The number of carbonyl (C=O) groups excluding carboxylic acids is 3. The molecule has 1 aromatic rings. The van der Waals surface area contributed by atoms with Crippen LogP contribution >= 0.6 is 0 Å². The van der Waals surface area contributed by atoms with Gasteiger partial charge in [0.05, 0.1) is 0 Å². The summed E-state index contributed by atoms with van der Waals surface area (Å²) in [4.78, 5) is 38.1. The first-order valence-corrected chi connectivity index (χ1v) is 10.2. The highest BCUT2D eigenvalue weighted by Crippen LogP contribution is 2.22. The fourth-order valence-electron chi connectivity index (χ4n) is 3.77. The summed E-state index contributed by atoms with van der Waals surface area (Å²) in [6.45, 7) is 1.34. The van der Waals surface area contributed by atoms with E-state index in [4.69, 9.17) is 0 Å². The second-order valence-corrected chi connectivity index (χ2v) is 7.79. The van der Waals surface area contributed by atoms with Crippen molar-refractivity contribution in [2.45, 2.75) is 45.1 Å². The van der Waals surface area contributed by atoms with Crippen LogP contribution in [0.2, 0.25) is 0 Å². The highest BCUT2D eigenvalue weighted by molar-refractivity contribution is 6.39. The van der Waals surface area contributed by atoms with Crippen LogP contribution in [0.5, 0.6) is 0 Å². The van der Waals surface area contributed by atoms with Gasteiger partial charge in [0.25, 0.3) is 5.91 Å². The maximum absolute atomic E-state index is 13.2. The van der Waals surface area contributed by atoms with E-state index in [9.17, 15) is 23.2 Å². The second kappa shape index (κ2) is 9.77. The number of halogens is 2. The van der Waals surface area contributed by atoms with Crippen LogP contribution in [0.3, 0.4) is 0 Å². The summed E-state index contributed by atoms with van der Waals surface area (Å²) in [6.07, 6.45) is 3.37. The summed E-state index contributed by atoms with van der Waals surface area (Å²) in [5.41, 5.74) is 0.899. The van der Waals surface area contributed by atoms with Crippen LogP contribution in [-0.4, -0.2) is 53.5 Å². The van der Waals surface area contributed by atoms with Gasteiger partial charge in [0.1, 0.15) is 5.71 Å². The van der Waals surface area contributed by atoms with Crippen molar-refractivity contribution in [3.8, 4) is 0 Å². The smallest absolute Gasteiger partial charge is 0.270 e. The molecule has 30 heavy (non-hydrogen) atoms. The van der Waals surface area contributed by atoms with Crippen molar-refractivity contribution < 1.29 is 23.2 Å². The Morgan fingerprint density at radius 2 is 2.03 bits per heavy atom. The molecule has 2 aliphatic heterocycles. The van der Waals surface area contributed by atoms with Crippen molar-refractivity contribution in [2.24, 2.45) is 11.0 Å². The molecule has 1 unspecified atom stereocenters. The highest BCUT2D eigenvalue weighted by atomic mass is 19.2. The van der Waals surface area contributed by atoms with Gasteiger partial charge in [-0.05, 0) is 42.9 Å². The molecule has 0 saturated carbocycles. The molecule has 0 aliphatic carbocycles. The van der Waals surface area contributed by atoms with E-state index < -0.39 is 11.6 Å². The average molecular weight is 420 g/mol. The largest absolute Gasteiger partial charge is 0.352 e. The van der Waals surface area contributed by atoms with E-state index in [1.165, 1.54) is 11.1 Å². The van der Waals surface area contributed by atoms with Gasteiger partial charge in [-0.25, -0.2) is 13.8 Å². The molecule has 1 saturated heterocycles. The van der Waals surface area contributed by atoms with Crippen molar-refractivity contribution in [1.29, 1.82) is 0 Å². The fourth-order valence-corrected chi connectivity index (χ4v) is 3.77. The number of nitrogens with one attached hydrogen (secondary N) is 1. The Balaban J connectivity index is 1.45. The zero-order valence-electron chi connectivity index (χ0n) is 17.0. The summed E-state index contributed by atoms with van der Waals surface area (Å²) in [7, 11) is 1.55. The lowest BCUT2D eigenvalue weighted by Crippen LogP contribution is -2.45. The van der Waals surface area contributed by atoms with Crippen molar-refractivity contribution in [3.63, 3.8) is 0 Å². The number of likely N-dealkylation sites (tertiary alicyclic amines) is 1. The van der Waals surface area contributed by atoms with Crippen LogP contribution in [0.1, 0.15) is 44.1 Å². The normalized spacial score (nSPS) is 19.5. The van der Waals surface area contributed by atoms with Gasteiger partial charge in [0.15, 0.2) is 11.6 Å². The van der Waals surface area contributed by atoms with Gasteiger partial charge in [-0.15, -0.1) is 0 Å². The molecule has 0 bridgehead atoms. The first kappa shape index (κ1) is 21.9. The van der Waals surface area contributed by atoms with Crippen LogP contribution in [0.15, 0.2) is 23.3 Å². The molecular weight excluding hydrogens is 394 g/mol. The summed E-state index contributed by atoms with van der Waals surface area (Å²) in [6, 6.07) is 3.54. The SMILES string of the molecule is CN1N=C(C(=O)N2CCCC(CCC(=O)NCc3ccc(F)c(F)c3)C2)CCC1=O. The predicted octanol–water partition coefficient (Wildman–Crippen LogP) is 2.21. The summed E-state index contributed by atoms with van der Waals surface area (Å²) in [5.74, 6) is -2.05. The van der Waals surface area contributed by atoms with Gasteiger partial charge < -0.3 is 10.2 Å². The fraction of sp³-hybridized carbons (Fsp3) is 0.524. The summed E-state index contributed by atoms with van der Waals surface area (Å²) < 4.78 is 26.2. The number of amides is 3. The van der Waals surface area contributed by atoms with Crippen molar-refractivity contribution >= 4 is 23.4 Å². The van der Waals surface area contributed by atoms with E-state index in [0.29, 0.717) is 43.6 Å². The van der Waals surface area contributed by atoms with Gasteiger partial charge in [-0.3, -0.25) is 14.4 Å². The number of nitrogens with zero attached hydrogens (tertiary/aromatic N) is 3. The molecule has 1 N–H and O–H groups in total. The number of carbonyl (C=O) groups is 3. The van der Waals surface area contributed by atoms with Crippen molar-refractivity contribution in [2.75, 3.05) is 20.1 Å². The quantitative estimate of drug-likeness (QED) is 0.766. The molecule has 0 spiro atoms. The van der Waals surface area contributed by atoms with Crippen LogP contribution < -0.4 is 5.32 Å². The number of hydrogen-bond acceptors (Lipinski definition) is 4. The zero-order chi connectivity index (χ0) is 21.7. The first-order chi connectivity index (χ1) is 14.3. The Bertz CT molecular complexity index is 859. The molecule has 1 atom stereocenters. The van der Waals surface area contributed by atoms with E-state index in [-0.39, 0.29) is 36.6 Å². The topological polar surface area (TPSA) is 82.1 Å². The van der Waals surface area contributed by atoms with Gasteiger partial charge >= 0.3 is 0 Å². The molecule has 3 amide bonds. The molecule has 7 nitrogen and oxygen atoms in total. The molecule has 162 valence electrons. The maximum atomic E-state index is 13.2. The summed E-state index contributed by atoms with van der Waals surface area (Å²) in [5, 5.41) is 8.03. The highest BCUT2D eigenvalue weighted by Gasteiger charge is 2.29. The van der Waals surface area contributed by atoms with Gasteiger partial charge in [0.2, 0.25) is 11.8 Å². The van der Waals surface area contributed by atoms with E-state index >= 15 is 0 Å². The maximum Gasteiger partial charge on any atom is 0.270 e. The lowest BCUT2D eigenvalue weighted by molar-refractivity contribution is -0.131. The lowest BCUT2D eigenvalue weighted by Gasteiger charge is -2.33. The van der Waals surface area contributed by atoms with Gasteiger partial charge in [-0.2, -0.15) is 5.10 Å². The third kappa shape index (κ3) is 5.61. The Kier molecular flexibility index (Phi) is 7.12.